The zero-order chi connectivity index (χ0) is 10.9. The molecule has 2 unspecified atom stereocenters. The number of hydrogen-bond acceptors (Lipinski definition) is 1. The van der Waals surface area contributed by atoms with Gasteiger partial charge < -0.3 is 9.59 Å². The maximum atomic E-state index is 10.6. The first-order valence-electron chi connectivity index (χ1n) is 6.36. The van der Waals surface area contributed by atoms with Crippen molar-refractivity contribution in [3.8, 4) is 0 Å². The van der Waals surface area contributed by atoms with Gasteiger partial charge in [0.25, 0.3) is 0 Å². The van der Waals surface area contributed by atoms with Crippen molar-refractivity contribution in [2.24, 2.45) is 11.8 Å². The summed E-state index contributed by atoms with van der Waals surface area (Å²) in [4.78, 5) is 0. The van der Waals surface area contributed by atoms with Crippen LogP contribution in [0.25, 0.3) is 0 Å². The van der Waals surface area contributed by atoms with Gasteiger partial charge in [-0.25, -0.2) is 0 Å². The summed E-state index contributed by atoms with van der Waals surface area (Å²) in [6, 6.07) is 0. The molecule has 0 aliphatic heterocycles. The summed E-state index contributed by atoms with van der Waals surface area (Å²) in [5.41, 5.74) is 0.0917. The highest BCUT2D eigenvalue weighted by atomic mass is 16.3. The molecule has 86 valence electrons. The van der Waals surface area contributed by atoms with Crippen molar-refractivity contribution in [2.75, 3.05) is 21.1 Å². The van der Waals surface area contributed by atoms with Crippen LogP contribution in [-0.2, 0) is 0 Å². The van der Waals surface area contributed by atoms with Crippen LogP contribution in [0.1, 0.15) is 38.5 Å². The topological polar surface area (TPSA) is 20.2 Å². The van der Waals surface area contributed by atoms with E-state index >= 15 is 0 Å². The molecular formula is C13H24NO+. The van der Waals surface area contributed by atoms with E-state index in [1.165, 1.54) is 19.3 Å². The molecule has 15 heavy (non-hydrogen) atoms. The number of rotatable bonds is 1. The third kappa shape index (κ3) is 1.31. The summed E-state index contributed by atoms with van der Waals surface area (Å²) in [6.07, 6.45) is 7.34. The average Bonchev–Trinajstić information content (AvgIpc) is 1.95. The van der Waals surface area contributed by atoms with Crippen LogP contribution in [-0.4, -0.2) is 41.9 Å². The summed E-state index contributed by atoms with van der Waals surface area (Å²) < 4.78 is 1.04. The smallest absolute Gasteiger partial charge is 0.102 e. The number of nitrogens with zero attached hydrogens (tertiary/aromatic N) is 1. The van der Waals surface area contributed by atoms with Crippen LogP contribution < -0.4 is 0 Å². The minimum atomic E-state index is -0.296. The third-order valence-electron chi connectivity index (χ3n) is 5.42. The lowest BCUT2D eigenvalue weighted by Gasteiger charge is -2.63. The van der Waals surface area contributed by atoms with Gasteiger partial charge in [-0.15, -0.1) is 0 Å². The first kappa shape index (κ1) is 10.1. The van der Waals surface area contributed by atoms with Crippen molar-refractivity contribution < 1.29 is 9.59 Å². The van der Waals surface area contributed by atoms with Gasteiger partial charge in [0.1, 0.15) is 5.54 Å². The first-order chi connectivity index (χ1) is 6.82. The molecule has 0 heterocycles. The van der Waals surface area contributed by atoms with Crippen LogP contribution in [0.3, 0.4) is 0 Å². The van der Waals surface area contributed by atoms with E-state index < -0.39 is 0 Å². The van der Waals surface area contributed by atoms with Gasteiger partial charge in [-0.1, -0.05) is 0 Å². The fourth-order valence-corrected chi connectivity index (χ4v) is 4.95. The van der Waals surface area contributed by atoms with Crippen molar-refractivity contribution in [2.45, 2.75) is 49.7 Å². The quantitative estimate of drug-likeness (QED) is 0.654. The van der Waals surface area contributed by atoms with Crippen molar-refractivity contribution >= 4 is 0 Å². The minimum Gasteiger partial charge on any atom is -0.390 e. The fourth-order valence-electron chi connectivity index (χ4n) is 4.95. The monoisotopic (exact) mass is 210 g/mol. The van der Waals surface area contributed by atoms with Crippen LogP contribution in [0.2, 0.25) is 0 Å². The lowest BCUT2D eigenvalue weighted by atomic mass is 9.50. The lowest BCUT2D eigenvalue weighted by Crippen LogP contribution is -2.69. The zero-order valence-corrected chi connectivity index (χ0v) is 10.3. The predicted octanol–water partition coefficient (Wildman–Crippen LogP) is 1.78. The molecule has 4 saturated carbocycles. The fraction of sp³-hybridized carbons (Fsp3) is 1.00. The average molecular weight is 210 g/mol. The number of aliphatic hydroxyl groups is 1. The maximum Gasteiger partial charge on any atom is 0.102 e. The van der Waals surface area contributed by atoms with Crippen LogP contribution >= 0.6 is 0 Å². The second-order valence-corrected chi connectivity index (χ2v) is 7.42. The summed E-state index contributed by atoms with van der Waals surface area (Å²) in [7, 11) is 6.95. The van der Waals surface area contributed by atoms with Crippen molar-refractivity contribution in [1.29, 1.82) is 0 Å². The summed E-state index contributed by atoms with van der Waals surface area (Å²) >= 11 is 0. The maximum absolute atomic E-state index is 10.6. The highest BCUT2D eigenvalue weighted by molar-refractivity contribution is 5.09. The Balaban J connectivity index is 2.00. The van der Waals surface area contributed by atoms with Gasteiger partial charge in [0.15, 0.2) is 0 Å². The Morgan fingerprint density at radius 3 is 1.93 bits per heavy atom. The molecule has 4 aliphatic carbocycles. The normalized spacial score (nSPS) is 53.6. The highest BCUT2D eigenvalue weighted by Gasteiger charge is 2.62. The van der Waals surface area contributed by atoms with E-state index in [2.05, 4.69) is 21.1 Å². The molecule has 0 aromatic carbocycles. The Bertz CT molecular complexity index is 277. The minimum absolute atomic E-state index is 0.296. The summed E-state index contributed by atoms with van der Waals surface area (Å²) in [6.45, 7) is 0. The van der Waals surface area contributed by atoms with E-state index in [1.807, 2.05) is 0 Å². The molecule has 2 heteroatoms. The van der Waals surface area contributed by atoms with E-state index in [9.17, 15) is 5.11 Å². The van der Waals surface area contributed by atoms with Gasteiger partial charge in [-0.05, 0) is 31.1 Å². The molecule has 0 aromatic heterocycles. The standard InChI is InChI=1S/C13H24NO/c1-14(2,3)12-5-10-4-11(6-12)8-13(15,7-10)9-12/h10-11,15H,4-9H2,1-3H3/q+1. The Morgan fingerprint density at radius 2 is 1.53 bits per heavy atom. The molecule has 4 fully saturated rings. The van der Waals surface area contributed by atoms with Crippen LogP contribution in [0.5, 0.6) is 0 Å². The molecule has 0 aromatic rings. The zero-order valence-electron chi connectivity index (χ0n) is 10.3. The molecule has 2 atom stereocenters. The van der Waals surface area contributed by atoms with E-state index in [0.29, 0.717) is 5.54 Å². The Labute approximate surface area is 92.9 Å². The van der Waals surface area contributed by atoms with Gasteiger partial charge in [0, 0.05) is 19.3 Å². The predicted molar refractivity (Wildman–Crippen MR) is 60.4 cm³/mol. The largest absolute Gasteiger partial charge is 0.390 e. The van der Waals surface area contributed by atoms with Gasteiger partial charge in [-0.3, -0.25) is 0 Å². The van der Waals surface area contributed by atoms with Gasteiger partial charge in [0.2, 0.25) is 0 Å². The molecule has 0 saturated heterocycles. The molecule has 4 bridgehead atoms. The SMILES string of the molecule is C[N+](C)(C)C12CC3CC(CC(O)(C3)C1)C2. The first-order valence-corrected chi connectivity index (χ1v) is 6.36. The molecular weight excluding hydrogens is 186 g/mol. The Morgan fingerprint density at radius 1 is 1.00 bits per heavy atom. The van der Waals surface area contributed by atoms with Gasteiger partial charge in [0.05, 0.1) is 26.7 Å². The molecule has 1 N–H and O–H groups in total. The molecule has 4 rings (SSSR count). The number of quaternary nitrogens is 1. The summed E-state index contributed by atoms with van der Waals surface area (Å²) in [5, 5.41) is 10.6. The molecule has 2 nitrogen and oxygen atoms in total. The van der Waals surface area contributed by atoms with E-state index in [0.717, 1.165) is 35.6 Å². The Kier molecular flexibility index (Phi) is 1.75. The third-order valence-corrected chi connectivity index (χ3v) is 5.42. The van der Waals surface area contributed by atoms with Crippen LogP contribution in [0.15, 0.2) is 0 Å². The molecule has 0 amide bonds. The van der Waals surface area contributed by atoms with Gasteiger partial charge in [-0.2, -0.15) is 0 Å². The van der Waals surface area contributed by atoms with Crippen molar-refractivity contribution in [3.63, 3.8) is 0 Å². The molecule has 0 radical (unpaired) electrons. The molecule has 0 spiro atoms. The highest BCUT2D eigenvalue weighted by Crippen LogP contribution is 2.60. The van der Waals surface area contributed by atoms with Crippen molar-refractivity contribution in [1.82, 2.24) is 0 Å². The van der Waals surface area contributed by atoms with E-state index in [-0.39, 0.29) is 5.60 Å². The number of hydrogen-bond donors (Lipinski definition) is 1. The second-order valence-electron chi connectivity index (χ2n) is 7.42. The Hall–Kier alpha value is -0.0800. The van der Waals surface area contributed by atoms with Crippen LogP contribution in [0, 0.1) is 11.8 Å². The molecule has 4 aliphatic rings. The van der Waals surface area contributed by atoms with E-state index in [1.54, 1.807) is 0 Å². The summed E-state index contributed by atoms with van der Waals surface area (Å²) in [5.74, 6) is 1.63. The van der Waals surface area contributed by atoms with Crippen molar-refractivity contribution in [3.05, 3.63) is 0 Å². The lowest BCUT2D eigenvalue weighted by molar-refractivity contribution is -0.930. The van der Waals surface area contributed by atoms with Gasteiger partial charge >= 0.3 is 0 Å². The van der Waals surface area contributed by atoms with Crippen LogP contribution in [0.4, 0.5) is 0 Å². The second kappa shape index (κ2) is 2.60. The van der Waals surface area contributed by atoms with E-state index in [4.69, 9.17) is 0 Å².